The molecule has 0 aromatic heterocycles. The molecule has 112 valence electrons. The Hall–Kier alpha value is -1.30. The van der Waals surface area contributed by atoms with E-state index in [1.165, 1.54) is 0 Å². The lowest BCUT2D eigenvalue weighted by molar-refractivity contribution is -0.145. The van der Waals surface area contributed by atoms with Crippen molar-refractivity contribution in [1.29, 1.82) is 0 Å². The van der Waals surface area contributed by atoms with Gasteiger partial charge in [-0.1, -0.05) is 6.92 Å². The number of nitrogens with one attached hydrogen (secondary N) is 1. The van der Waals surface area contributed by atoms with Gasteiger partial charge < -0.3 is 20.5 Å². The van der Waals surface area contributed by atoms with Crippen LogP contribution in [0.15, 0.2) is 0 Å². The van der Waals surface area contributed by atoms with Crippen LogP contribution in [0.3, 0.4) is 0 Å². The molecular weight excluding hydrogens is 248 g/mol. The van der Waals surface area contributed by atoms with Crippen LogP contribution in [0.5, 0.6) is 0 Å². The Morgan fingerprint density at radius 1 is 1.26 bits per heavy atom. The van der Waals surface area contributed by atoms with Crippen LogP contribution in [0.25, 0.3) is 0 Å². The molecule has 0 rings (SSSR count). The summed E-state index contributed by atoms with van der Waals surface area (Å²) in [5.41, 5.74) is 5.68. The standard InChI is InChI=1S/C13H26N2O4/c1-4-9-18-12(16)11(14)7-5-6-8-15-13(17)19-10(2)3/h10-11H,4-9,14H2,1-3H3,(H,15,17)/t11-/m0/s1. The summed E-state index contributed by atoms with van der Waals surface area (Å²) in [4.78, 5) is 22.5. The number of carbonyl (C=O) groups is 2. The van der Waals surface area contributed by atoms with Gasteiger partial charge in [0, 0.05) is 6.54 Å². The number of esters is 1. The van der Waals surface area contributed by atoms with Crippen molar-refractivity contribution in [1.82, 2.24) is 5.32 Å². The van der Waals surface area contributed by atoms with E-state index in [0.29, 0.717) is 19.6 Å². The first-order valence-corrected chi connectivity index (χ1v) is 6.84. The predicted octanol–water partition coefficient (Wildman–Crippen LogP) is 1.57. The summed E-state index contributed by atoms with van der Waals surface area (Å²) in [7, 11) is 0. The second kappa shape index (κ2) is 10.6. The second-order valence-corrected chi connectivity index (χ2v) is 4.65. The number of alkyl carbamates (subject to hydrolysis) is 1. The zero-order valence-electron chi connectivity index (χ0n) is 12.1. The predicted molar refractivity (Wildman–Crippen MR) is 72.7 cm³/mol. The van der Waals surface area contributed by atoms with Crippen molar-refractivity contribution in [3.63, 3.8) is 0 Å². The van der Waals surface area contributed by atoms with E-state index in [-0.39, 0.29) is 12.1 Å². The number of hydrogen-bond donors (Lipinski definition) is 2. The lowest BCUT2D eigenvalue weighted by atomic mass is 10.1. The minimum atomic E-state index is -0.575. The van der Waals surface area contributed by atoms with Gasteiger partial charge in [-0.05, 0) is 39.5 Å². The van der Waals surface area contributed by atoms with Crippen molar-refractivity contribution in [2.24, 2.45) is 5.73 Å². The molecule has 0 unspecified atom stereocenters. The summed E-state index contributed by atoms with van der Waals surface area (Å²) in [6.07, 6.45) is 2.32. The first-order valence-electron chi connectivity index (χ1n) is 6.84. The molecule has 1 atom stereocenters. The lowest BCUT2D eigenvalue weighted by Crippen LogP contribution is -2.33. The second-order valence-electron chi connectivity index (χ2n) is 4.65. The average Bonchev–Trinajstić information content (AvgIpc) is 2.34. The van der Waals surface area contributed by atoms with Gasteiger partial charge in [0.1, 0.15) is 6.04 Å². The molecule has 0 heterocycles. The fraction of sp³-hybridized carbons (Fsp3) is 0.846. The van der Waals surface area contributed by atoms with Crippen molar-refractivity contribution < 1.29 is 19.1 Å². The Balaban J connectivity index is 3.53. The number of amides is 1. The molecule has 0 spiro atoms. The van der Waals surface area contributed by atoms with E-state index in [1.54, 1.807) is 13.8 Å². The summed E-state index contributed by atoms with van der Waals surface area (Å²) in [6.45, 7) is 6.44. The Bertz CT molecular complexity index is 269. The number of unbranched alkanes of at least 4 members (excludes halogenated alkanes) is 1. The van der Waals surface area contributed by atoms with Gasteiger partial charge in [-0.15, -0.1) is 0 Å². The highest BCUT2D eigenvalue weighted by atomic mass is 16.6. The third kappa shape index (κ3) is 10.3. The molecule has 0 fully saturated rings. The zero-order chi connectivity index (χ0) is 14.7. The molecule has 6 nitrogen and oxygen atoms in total. The van der Waals surface area contributed by atoms with E-state index in [2.05, 4.69) is 5.32 Å². The maximum atomic E-state index is 11.4. The van der Waals surface area contributed by atoms with Crippen molar-refractivity contribution >= 4 is 12.1 Å². The van der Waals surface area contributed by atoms with E-state index < -0.39 is 12.1 Å². The van der Waals surface area contributed by atoms with Crippen LogP contribution >= 0.6 is 0 Å². The summed E-state index contributed by atoms with van der Waals surface area (Å²) in [6, 6.07) is -0.575. The molecule has 0 aliphatic carbocycles. The maximum Gasteiger partial charge on any atom is 0.407 e. The normalized spacial score (nSPS) is 12.1. The fourth-order valence-corrected chi connectivity index (χ4v) is 1.36. The molecule has 0 aromatic rings. The molecule has 0 saturated heterocycles. The van der Waals surface area contributed by atoms with E-state index >= 15 is 0 Å². The Kier molecular flexibility index (Phi) is 9.88. The van der Waals surface area contributed by atoms with Crippen LogP contribution < -0.4 is 11.1 Å². The van der Waals surface area contributed by atoms with Crippen LogP contribution in [0.4, 0.5) is 4.79 Å². The molecule has 0 aromatic carbocycles. The third-order valence-electron chi connectivity index (χ3n) is 2.31. The number of ether oxygens (including phenoxy) is 2. The van der Waals surface area contributed by atoms with Crippen molar-refractivity contribution in [3.8, 4) is 0 Å². The highest BCUT2D eigenvalue weighted by molar-refractivity contribution is 5.75. The van der Waals surface area contributed by atoms with Gasteiger partial charge in [0.05, 0.1) is 12.7 Å². The Morgan fingerprint density at radius 3 is 2.53 bits per heavy atom. The molecule has 0 saturated carbocycles. The van der Waals surface area contributed by atoms with Gasteiger partial charge in [-0.3, -0.25) is 4.79 Å². The van der Waals surface area contributed by atoms with E-state index in [1.807, 2.05) is 6.92 Å². The quantitative estimate of drug-likeness (QED) is 0.492. The zero-order valence-corrected chi connectivity index (χ0v) is 12.1. The van der Waals surface area contributed by atoms with Gasteiger partial charge in [0.25, 0.3) is 0 Å². The molecule has 0 radical (unpaired) electrons. The van der Waals surface area contributed by atoms with Crippen molar-refractivity contribution in [2.45, 2.75) is 58.6 Å². The summed E-state index contributed by atoms with van der Waals surface area (Å²) in [5.74, 6) is -0.353. The van der Waals surface area contributed by atoms with Crippen LogP contribution in [0.1, 0.15) is 46.5 Å². The topological polar surface area (TPSA) is 90.6 Å². The third-order valence-corrected chi connectivity index (χ3v) is 2.31. The maximum absolute atomic E-state index is 11.4. The van der Waals surface area contributed by atoms with Crippen LogP contribution in [0.2, 0.25) is 0 Å². The number of rotatable bonds is 9. The molecule has 0 aliphatic heterocycles. The van der Waals surface area contributed by atoms with Gasteiger partial charge in [0.2, 0.25) is 0 Å². The Labute approximate surface area is 115 Å². The smallest absolute Gasteiger partial charge is 0.407 e. The summed E-state index contributed by atoms with van der Waals surface area (Å²) in [5, 5.41) is 2.63. The molecule has 1 amide bonds. The monoisotopic (exact) mass is 274 g/mol. The SMILES string of the molecule is CCCOC(=O)[C@@H](N)CCCCNC(=O)OC(C)C. The number of hydrogen-bond acceptors (Lipinski definition) is 5. The number of carbonyl (C=O) groups excluding carboxylic acids is 2. The largest absolute Gasteiger partial charge is 0.465 e. The molecule has 0 bridgehead atoms. The average molecular weight is 274 g/mol. The van der Waals surface area contributed by atoms with Gasteiger partial charge in [0.15, 0.2) is 0 Å². The highest BCUT2D eigenvalue weighted by Crippen LogP contribution is 2.01. The molecule has 19 heavy (non-hydrogen) atoms. The minimum Gasteiger partial charge on any atom is -0.465 e. The molecule has 3 N–H and O–H groups in total. The van der Waals surface area contributed by atoms with E-state index in [9.17, 15) is 9.59 Å². The minimum absolute atomic E-state index is 0.123. The van der Waals surface area contributed by atoms with Crippen LogP contribution in [-0.2, 0) is 14.3 Å². The lowest BCUT2D eigenvalue weighted by Gasteiger charge is -2.11. The van der Waals surface area contributed by atoms with E-state index in [0.717, 1.165) is 19.3 Å². The van der Waals surface area contributed by atoms with Gasteiger partial charge in [-0.25, -0.2) is 4.79 Å². The number of nitrogens with two attached hydrogens (primary N) is 1. The molecule has 0 aliphatic rings. The van der Waals surface area contributed by atoms with Crippen molar-refractivity contribution in [3.05, 3.63) is 0 Å². The first-order chi connectivity index (χ1) is 8.97. The van der Waals surface area contributed by atoms with Crippen LogP contribution in [0, 0.1) is 0 Å². The van der Waals surface area contributed by atoms with E-state index in [4.69, 9.17) is 15.2 Å². The molecule has 6 heteroatoms. The highest BCUT2D eigenvalue weighted by Gasteiger charge is 2.14. The fourth-order valence-electron chi connectivity index (χ4n) is 1.36. The van der Waals surface area contributed by atoms with Crippen LogP contribution in [-0.4, -0.2) is 37.4 Å². The first kappa shape index (κ1) is 17.7. The van der Waals surface area contributed by atoms with Gasteiger partial charge in [-0.2, -0.15) is 0 Å². The summed E-state index contributed by atoms with van der Waals surface area (Å²) < 4.78 is 9.85. The van der Waals surface area contributed by atoms with Crippen molar-refractivity contribution in [2.75, 3.05) is 13.2 Å². The molecular formula is C13H26N2O4. The van der Waals surface area contributed by atoms with Gasteiger partial charge >= 0.3 is 12.1 Å². The summed E-state index contributed by atoms with van der Waals surface area (Å²) >= 11 is 0. The Morgan fingerprint density at radius 2 is 1.95 bits per heavy atom.